The van der Waals surface area contributed by atoms with Crippen molar-refractivity contribution in [3.8, 4) is 0 Å². The standard InChI is InChI=1S/C13H9N5O2/c19-10-5-6-14-12-11(10)13(16-7-15-12)17-8-1-3-9(18-20)4-2-8/h1-7H,(H2,14,15,16,17,19). The van der Waals surface area contributed by atoms with Crippen LogP contribution in [0.5, 0.6) is 0 Å². The number of aromatic amines is 1. The second kappa shape index (κ2) is 4.88. The van der Waals surface area contributed by atoms with E-state index in [0.717, 1.165) is 0 Å². The molecule has 0 fully saturated rings. The van der Waals surface area contributed by atoms with Crippen LogP contribution in [0.25, 0.3) is 11.0 Å². The predicted molar refractivity (Wildman–Crippen MR) is 75.3 cm³/mol. The second-order valence-corrected chi connectivity index (χ2v) is 4.05. The second-order valence-electron chi connectivity index (χ2n) is 4.05. The Morgan fingerprint density at radius 2 is 1.90 bits per heavy atom. The lowest BCUT2D eigenvalue weighted by molar-refractivity contribution is 1.17. The lowest BCUT2D eigenvalue weighted by Crippen LogP contribution is -2.06. The molecule has 0 aliphatic rings. The summed E-state index contributed by atoms with van der Waals surface area (Å²) in [4.78, 5) is 33.2. The summed E-state index contributed by atoms with van der Waals surface area (Å²) in [6.45, 7) is 0. The van der Waals surface area contributed by atoms with E-state index < -0.39 is 0 Å². The van der Waals surface area contributed by atoms with Crippen LogP contribution in [-0.2, 0) is 0 Å². The van der Waals surface area contributed by atoms with Crippen LogP contribution in [0.1, 0.15) is 0 Å². The molecule has 2 aromatic heterocycles. The third-order valence-electron chi connectivity index (χ3n) is 2.78. The Morgan fingerprint density at radius 1 is 1.10 bits per heavy atom. The molecule has 7 nitrogen and oxygen atoms in total. The molecule has 0 saturated carbocycles. The molecule has 0 bridgehead atoms. The van der Waals surface area contributed by atoms with E-state index in [4.69, 9.17) is 0 Å². The summed E-state index contributed by atoms with van der Waals surface area (Å²) in [6.07, 6.45) is 2.90. The van der Waals surface area contributed by atoms with E-state index in [1.165, 1.54) is 18.6 Å². The molecule has 0 spiro atoms. The number of nitroso groups, excluding NO2 is 1. The number of hydrogen-bond acceptors (Lipinski definition) is 6. The quantitative estimate of drug-likeness (QED) is 0.710. The van der Waals surface area contributed by atoms with Gasteiger partial charge in [0.2, 0.25) is 0 Å². The first-order valence-corrected chi connectivity index (χ1v) is 5.81. The maximum atomic E-state index is 11.9. The molecular weight excluding hydrogens is 258 g/mol. The maximum absolute atomic E-state index is 11.9. The van der Waals surface area contributed by atoms with E-state index in [0.29, 0.717) is 28.2 Å². The Hall–Kier alpha value is -3.09. The van der Waals surface area contributed by atoms with Crippen molar-refractivity contribution in [2.75, 3.05) is 5.32 Å². The number of fused-ring (bicyclic) bond motifs is 1. The highest BCUT2D eigenvalue weighted by molar-refractivity contribution is 5.87. The summed E-state index contributed by atoms with van der Waals surface area (Å²) >= 11 is 0. The van der Waals surface area contributed by atoms with Crippen LogP contribution >= 0.6 is 0 Å². The number of aromatic nitrogens is 3. The molecule has 0 amide bonds. The number of pyridine rings is 1. The molecule has 0 radical (unpaired) electrons. The van der Waals surface area contributed by atoms with Gasteiger partial charge in [0.25, 0.3) is 0 Å². The molecule has 2 heterocycles. The van der Waals surface area contributed by atoms with Crippen LogP contribution in [0.15, 0.2) is 52.8 Å². The minimum Gasteiger partial charge on any atom is -0.346 e. The molecule has 0 unspecified atom stereocenters. The zero-order valence-electron chi connectivity index (χ0n) is 10.2. The molecule has 20 heavy (non-hydrogen) atoms. The van der Waals surface area contributed by atoms with Crippen molar-refractivity contribution >= 4 is 28.2 Å². The number of rotatable bonds is 3. The molecule has 1 aromatic carbocycles. The van der Waals surface area contributed by atoms with Crippen LogP contribution in [0, 0.1) is 4.91 Å². The number of H-pyrrole nitrogens is 1. The Kier molecular flexibility index (Phi) is 2.92. The van der Waals surface area contributed by atoms with Gasteiger partial charge in [0.15, 0.2) is 5.43 Å². The minimum atomic E-state index is -0.173. The van der Waals surface area contributed by atoms with E-state index in [9.17, 15) is 9.70 Å². The largest absolute Gasteiger partial charge is 0.346 e. The molecule has 0 saturated heterocycles. The van der Waals surface area contributed by atoms with Gasteiger partial charge in [-0.25, -0.2) is 9.97 Å². The van der Waals surface area contributed by atoms with Crippen molar-refractivity contribution in [2.45, 2.75) is 0 Å². The minimum absolute atomic E-state index is 0.173. The highest BCUT2D eigenvalue weighted by Crippen LogP contribution is 2.21. The molecule has 7 heteroatoms. The number of benzene rings is 1. The molecule has 0 aliphatic carbocycles. The highest BCUT2D eigenvalue weighted by Gasteiger charge is 2.07. The first kappa shape index (κ1) is 12.0. The molecule has 3 aromatic rings. The van der Waals surface area contributed by atoms with Crippen molar-refractivity contribution < 1.29 is 0 Å². The molecule has 98 valence electrons. The van der Waals surface area contributed by atoms with Crippen molar-refractivity contribution in [3.63, 3.8) is 0 Å². The summed E-state index contributed by atoms with van der Waals surface area (Å²) in [6, 6.07) is 7.92. The van der Waals surface area contributed by atoms with E-state index in [2.05, 4.69) is 25.4 Å². The first-order chi connectivity index (χ1) is 9.78. The summed E-state index contributed by atoms with van der Waals surface area (Å²) in [5, 5.41) is 6.23. The van der Waals surface area contributed by atoms with Gasteiger partial charge in [-0.05, 0) is 29.4 Å². The van der Waals surface area contributed by atoms with E-state index >= 15 is 0 Å². The van der Waals surface area contributed by atoms with Crippen LogP contribution in [0.2, 0.25) is 0 Å². The van der Waals surface area contributed by atoms with Gasteiger partial charge >= 0.3 is 0 Å². The molecule has 3 rings (SSSR count). The van der Waals surface area contributed by atoms with Crippen LogP contribution in [-0.4, -0.2) is 15.0 Å². The summed E-state index contributed by atoms with van der Waals surface area (Å²) < 4.78 is 0. The molecular formula is C13H9N5O2. The van der Waals surface area contributed by atoms with Gasteiger partial charge in [0.1, 0.15) is 28.9 Å². The molecule has 0 atom stereocenters. The van der Waals surface area contributed by atoms with Crippen molar-refractivity contribution in [3.05, 3.63) is 58.0 Å². The third-order valence-corrected chi connectivity index (χ3v) is 2.78. The van der Waals surface area contributed by atoms with Gasteiger partial charge < -0.3 is 10.3 Å². The fourth-order valence-electron chi connectivity index (χ4n) is 1.85. The summed E-state index contributed by atoms with van der Waals surface area (Å²) in [5.41, 5.74) is 1.32. The normalized spacial score (nSPS) is 10.4. The van der Waals surface area contributed by atoms with Gasteiger partial charge in [-0.2, -0.15) is 0 Å². The Labute approximate surface area is 112 Å². The third kappa shape index (κ3) is 2.12. The average molecular weight is 267 g/mol. The van der Waals surface area contributed by atoms with Gasteiger partial charge in [0, 0.05) is 18.0 Å². The zero-order chi connectivity index (χ0) is 13.9. The van der Waals surface area contributed by atoms with E-state index in [-0.39, 0.29) is 5.43 Å². The molecule has 0 aliphatic heterocycles. The Morgan fingerprint density at radius 3 is 2.65 bits per heavy atom. The fourth-order valence-corrected chi connectivity index (χ4v) is 1.85. The van der Waals surface area contributed by atoms with Crippen molar-refractivity contribution in [2.24, 2.45) is 5.18 Å². The monoisotopic (exact) mass is 267 g/mol. The maximum Gasteiger partial charge on any atom is 0.194 e. The Balaban J connectivity index is 2.06. The van der Waals surface area contributed by atoms with Crippen LogP contribution in [0.4, 0.5) is 17.2 Å². The van der Waals surface area contributed by atoms with Crippen molar-refractivity contribution in [1.29, 1.82) is 0 Å². The van der Waals surface area contributed by atoms with Crippen LogP contribution < -0.4 is 10.7 Å². The van der Waals surface area contributed by atoms with Crippen LogP contribution in [0.3, 0.4) is 0 Å². The van der Waals surface area contributed by atoms with Gasteiger partial charge in [-0.3, -0.25) is 4.79 Å². The van der Waals surface area contributed by atoms with Gasteiger partial charge in [-0.1, -0.05) is 0 Å². The summed E-state index contributed by atoms with van der Waals surface area (Å²) in [5.74, 6) is 0.406. The van der Waals surface area contributed by atoms with Gasteiger partial charge in [0.05, 0.1) is 0 Å². The SMILES string of the molecule is O=Nc1ccc(Nc2ncnc3[nH]ccc(=O)c23)cc1. The number of nitrogens with one attached hydrogen (secondary N) is 2. The Bertz CT molecular complexity index is 821. The summed E-state index contributed by atoms with van der Waals surface area (Å²) in [7, 11) is 0. The number of hydrogen-bond donors (Lipinski definition) is 2. The predicted octanol–water partition coefficient (Wildman–Crippen LogP) is 2.46. The average Bonchev–Trinajstić information content (AvgIpc) is 2.48. The molecule has 2 N–H and O–H groups in total. The van der Waals surface area contributed by atoms with E-state index in [1.807, 2.05) is 0 Å². The number of anilines is 2. The fraction of sp³-hybridized carbons (Fsp3) is 0. The first-order valence-electron chi connectivity index (χ1n) is 5.81. The lowest BCUT2D eigenvalue weighted by Gasteiger charge is -2.07. The van der Waals surface area contributed by atoms with E-state index in [1.54, 1.807) is 24.3 Å². The number of nitrogens with zero attached hydrogens (tertiary/aromatic N) is 3. The van der Waals surface area contributed by atoms with Crippen molar-refractivity contribution in [1.82, 2.24) is 15.0 Å². The zero-order valence-corrected chi connectivity index (χ0v) is 10.2. The van der Waals surface area contributed by atoms with Gasteiger partial charge in [-0.15, -0.1) is 4.91 Å². The topological polar surface area (TPSA) is 100 Å². The smallest absolute Gasteiger partial charge is 0.194 e. The highest BCUT2D eigenvalue weighted by atomic mass is 16.3. The lowest BCUT2D eigenvalue weighted by atomic mass is 10.2.